The molecule has 1 amide bonds. The second-order valence-electron chi connectivity index (χ2n) is 7.40. The van der Waals surface area contributed by atoms with Gasteiger partial charge in [0, 0.05) is 37.8 Å². The minimum atomic E-state index is 0.194. The molecule has 1 aliphatic heterocycles. The van der Waals surface area contributed by atoms with E-state index in [-0.39, 0.29) is 5.91 Å². The van der Waals surface area contributed by atoms with Gasteiger partial charge < -0.3 is 9.80 Å². The molecule has 0 aliphatic carbocycles. The summed E-state index contributed by atoms with van der Waals surface area (Å²) < 4.78 is 0. The van der Waals surface area contributed by atoms with Crippen LogP contribution in [-0.2, 0) is 11.2 Å². The highest BCUT2D eigenvalue weighted by molar-refractivity contribution is 6.30. The molecule has 0 atom stereocenters. The van der Waals surface area contributed by atoms with Gasteiger partial charge in [-0.1, -0.05) is 17.7 Å². The summed E-state index contributed by atoms with van der Waals surface area (Å²) in [6, 6.07) is 11.8. The number of carbonyl (C=O) groups is 1. The molecule has 4 rings (SSSR count). The first-order chi connectivity index (χ1) is 13.5. The minimum absolute atomic E-state index is 0.194. The Morgan fingerprint density at radius 2 is 1.86 bits per heavy atom. The number of aryl methyl sites for hydroxylation is 1. The SMILES string of the molecule is Cc1cc(-c2ccc(Cl)cn2)nc2ccc(CC(=O)N3CCN(C)CC3)cc12. The van der Waals surface area contributed by atoms with Crippen LogP contribution in [0.4, 0.5) is 0 Å². The number of halogens is 1. The summed E-state index contributed by atoms with van der Waals surface area (Å²) in [5.41, 5.74) is 4.67. The Morgan fingerprint density at radius 3 is 2.57 bits per heavy atom. The van der Waals surface area contributed by atoms with E-state index in [1.54, 1.807) is 6.20 Å². The maximum atomic E-state index is 12.6. The number of rotatable bonds is 3. The Labute approximate surface area is 170 Å². The third-order valence-corrected chi connectivity index (χ3v) is 5.50. The van der Waals surface area contributed by atoms with E-state index < -0.39 is 0 Å². The van der Waals surface area contributed by atoms with Crippen LogP contribution < -0.4 is 0 Å². The van der Waals surface area contributed by atoms with E-state index in [9.17, 15) is 4.79 Å². The van der Waals surface area contributed by atoms with E-state index in [1.807, 2.05) is 35.2 Å². The van der Waals surface area contributed by atoms with Gasteiger partial charge in [-0.25, -0.2) is 4.98 Å². The van der Waals surface area contributed by atoms with E-state index in [0.717, 1.165) is 59.6 Å². The van der Waals surface area contributed by atoms with E-state index >= 15 is 0 Å². The lowest BCUT2D eigenvalue weighted by molar-refractivity contribution is -0.132. The molecule has 5 nitrogen and oxygen atoms in total. The first-order valence-electron chi connectivity index (χ1n) is 9.48. The summed E-state index contributed by atoms with van der Waals surface area (Å²) in [7, 11) is 2.09. The first-order valence-corrected chi connectivity index (χ1v) is 9.86. The van der Waals surface area contributed by atoms with Gasteiger partial charge >= 0.3 is 0 Å². The smallest absolute Gasteiger partial charge is 0.227 e. The van der Waals surface area contributed by atoms with Gasteiger partial charge in [-0.05, 0) is 55.4 Å². The van der Waals surface area contributed by atoms with Crippen LogP contribution in [0.25, 0.3) is 22.3 Å². The number of carbonyl (C=O) groups excluding carboxylic acids is 1. The standard InChI is InChI=1S/C22H23ClN4O/c1-15-11-21(20-6-4-17(23)14-24-20)25-19-5-3-16(12-18(15)19)13-22(28)27-9-7-26(2)8-10-27/h3-6,11-12,14H,7-10,13H2,1-2H3. The normalized spacial score (nSPS) is 15.2. The van der Waals surface area contributed by atoms with E-state index in [2.05, 4.69) is 29.9 Å². The number of pyridine rings is 2. The van der Waals surface area contributed by atoms with Crippen LogP contribution in [-0.4, -0.2) is 58.9 Å². The number of likely N-dealkylation sites (N-methyl/N-ethyl adjacent to an activating group) is 1. The lowest BCUT2D eigenvalue weighted by Crippen LogP contribution is -2.47. The van der Waals surface area contributed by atoms with Crippen molar-refractivity contribution in [3.63, 3.8) is 0 Å². The van der Waals surface area contributed by atoms with Crippen molar-refractivity contribution < 1.29 is 4.79 Å². The van der Waals surface area contributed by atoms with E-state index in [1.165, 1.54) is 0 Å². The molecule has 1 fully saturated rings. The number of aromatic nitrogens is 2. The maximum Gasteiger partial charge on any atom is 0.227 e. The van der Waals surface area contributed by atoms with Crippen molar-refractivity contribution >= 4 is 28.4 Å². The lowest BCUT2D eigenvalue weighted by atomic mass is 10.0. The number of benzene rings is 1. The second kappa shape index (κ2) is 7.86. The quantitative estimate of drug-likeness (QED) is 0.681. The van der Waals surface area contributed by atoms with Crippen LogP contribution in [0.1, 0.15) is 11.1 Å². The molecule has 28 heavy (non-hydrogen) atoms. The average Bonchev–Trinajstić information content (AvgIpc) is 2.69. The van der Waals surface area contributed by atoms with Crippen molar-refractivity contribution in [2.75, 3.05) is 33.2 Å². The monoisotopic (exact) mass is 394 g/mol. The van der Waals surface area contributed by atoms with Gasteiger partial charge in [-0.2, -0.15) is 0 Å². The van der Waals surface area contributed by atoms with Gasteiger partial charge in [0.25, 0.3) is 0 Å². The summed E-state index contributed by atoms with van der Waals surface area (Å²) in [5, 5.41) is 1.68. The number of hydrogen-bond donors (Lipinski definition) is 0. The van der Waals surface area contributed by atoms with Gasteiger partial charge in [0.15, 0.2) is 0 Å². The molecule has 1 aromatic carbocycles. The minimum Gasteiger partial charge on any atom is -0.340 e. The van der Waals surface area contributed by atoms with Gasteiger partial charge in [-0.15, -0.1) is 0 Å². The largest absolute Gasteiger partial charge is 0.340 e. The molecular weight excluding hydrogens is 372 g/mol. The number of nitrogens with zero attached hydrogens (tertiary/aromatic N) is 4. The lowest BCUT2D eigenvalue weighted by Gasteiger charge is -2.32. The topological polar surface area (TPSA) is 49.3 Å². The molecule has 1 saturated heterocycles. The van der Waals surface area contributed by atoms with Crippen LogP contribution in [0, 0.1) is 6.92 Å². The van der Waals surface area contributed by atoms with Crippen LogP contribution >= 0.6 is 11.6 Å². The number of hydrogen-bond acceptors (Lipinski definition) is 4. The van der Waals surface area contributed by atoms with E-state index in [0.29, 0.717) is 11.4 Å². The molecule has 3 heterocycles. The van der Waals surface area contributed by atoms with Crippen molar-refractivity contribution in [1.82, 2.24) is 19.8 Å². The zero-order valence-electron chi connectivity index (χ0n) is 16.2. The fourth-order valence-corrected chi connectivity index (χ4v) is 3.66. The summed E-state index contributed by atoms with van der Waals surface area (Å²) in [6.07, 6.45) is 2.06. The van der Waals surface area contributed by atoms with Gasteiger partial charge in [0.1, 0.15) is 0 Å². The Morgan fingerprint density at radius 1 is 1.07 bits per heavy atom. The highest BCUT2D eigenvalue weighted by Crippen LogP contribution is 2.25. The summed E-state index contributed by atoms with van der Waals surface area (Å²) in [6.45, 7) is 5.55. The molecule has 0 unspecified atom stereocenters. The predicted molar refractivity (Wildman–Crippen MR) is 113 cm³/mol. The van der Waals surface area contributed by atoms with Crippen molar-refractivity contribution in [1.29, 1.82) is 0 Å². The number of piperazine rings is 1. The summed E-state index contributed by atoms with van der Waals surface area (Å²) in [4.78, 5) is 26.0. The zero-order valence-corrected chi connectivity index (χ0v) is 16.9. The van der Waals surface area contributed by atoms with Crippen LogP contribution in [0.15, 0.2) is 42.6 Å². The third-order valence-electron chi connectivity index (χ3n) is 5.28. The van der Waals surface area contributed by atoms with Crippen LogP contribution in [0.2, 0.25) is 5.02 Å². The highest BCUT2D eigenvalue weighted by atomic mass is 35.5. The number of amides is 1. The van der Waals surface area contributed by atoms with E-state index in [4.69, 9.17) is 16.6 Å². The predicted octanol–water partition coefficient (Wildman–Crippen LogP) is 3.58. The molecule has 0 radical (unpaired) electrons. The van der Waals surface area contributed by atoms with Crippen molar-refractivity contribution in [3.8, 4) is 11.4 Å². The Balaban J connectivity index is 1.57. The molecule has 0 spiro atoms. The zero-order chi connectivity index (χ0) is 19.7. The fraction of sp³-hybridized carbons (Fsp3) is 0.318. The molecule has 0 bridgehead atoms. The fourth-order valence-electron chi connectivity index (χ4n) is 3.55. The molecule has 1 aliphatic rings. The molecule has 6 heteroatoms. The Bertz CT molecular complexity index is 1010. The molecule has 0 saturated carbocycles. The van der Waals surface area contributed by atoms with Crippen molar-refractivity contribution in [3.05, 3.63) is 58.7 Å². The highest BCUT2D eigenvalue weighted by Gasteiger charge is 2.19. The Hall–Kier alpha value is -2.50. The summed E-state index contributed by atoms with van der Waals surface area (Å²) in [5.74, 6) is 0.194. The van der Waals surface area contributed by atoms with Crippen LogP contribution in [0.3, 0.4) is 0 Å². The molecule has 2 aromatic heterocycles. The number of fused-ring (bicyclic) bond motifs is 1. The van der Waals surface area contributed by atoms with Crippen molar-refractivity contribution in [2.24, 2.45) is 0 Å². The third kappa shape index (κ3) is 4.01. The van der Waals surface area contributed by atoms with Crippen LogP contribution in [0.5, 0.6) is 0 Å². The molecule has 144 valence electrons. The van der Waals surface area contributed by atoms with Gasteiger partial charge in [0.2, 0.25) is 5.91 Å². The summed E-state index contributed by atoms with van der Waals surface area (Å²) >= 11 is 5.93. The first kappa shape index (κ1) is 18.8. The van der Waals surface area contributed by atoms with Crippen molar-refractivity contribution in [2.45, 2.75) is 13.3 Å². The maximum absolute atomic E-state index is 12.6. The molecule has 0 N–H and O–H groups in total. The second-order valence-corrected chi connectivity index (χ2v) is 7.83. The van der Waals surface area contributed by atoms with Gasteiger partial charge in [-0.3, -0.25) is 9.78 Å². The Kier molecular flexibility index (Phi) is 5.29. The molecular formula is C22H23ClN4O. The average molecular weight is 395 g/mol. The molecule has 3 aromatic rings. The van der Waals surface area contributed by atoms with Gasteiger partial charge in [0.05, 0.1) is 28.3 Å².